The molecular weight excluding hydrogens is 343 g/mol. The highest BCUT2D eigenvalue weighted by atomic mass is 19.1. The van der Waals surface area contributed by atoms with Gasteiger partial charge in [-0.25, -0.2) is 14.2 Å². The lowest BCUT2D eigenvalue weighted by molar-refractivity contribution is 0.00903. The molecule has 27 heavy (non-hydrogen) atoms. The standard InChI is InChI=1S/C21H23FN4O/c1-15-5-6-16-10-17(22)7-8-18(16)26(15)20(27)25-13-21(14-25)11-24(12-21)19-4-2-3-9-23-19/h2-4,7-10,15H,5-6,11-14H2,1H3. The molecule has 1 unspecified atom stereocenters. The van der Waals surface area contributed by atoms with Crippen molar-refractivity contribution in [1.82, 2.24) is 9.88 Å². The molecule has 6 heteroatoms. The van der Waals surface area contributed by atoms with Crippen molar-refractivity contribution in [1.29, 1.82) is 0 Å². The highest BCUT2D eigenvalue weighted by molar-refractivity contribution is 5.94. The van der Waals surface area contributed by atoms with Crippen LogP contribution in [0.25, 0.3) is 0 Å². The van der Waals surface area contributed by atoms with Crippen molar-refractivity contribution in [3.8, 4) is 0 Å². The fraction of sp³-hybridized carbons (Fsp3) is 0.429. The summed E-state index contributed by atoms with van der Waals surface area (Å²) in [5.41, 5.74) is 2.00. The van der Waals surface area contributed by atoms with Crippen LogP contribution in [0.2, 0.25) is 0 Å². The van der Waals surface area contributed by atoms with E-state index in [4.69, 9.17) is 0 Å². The van der Waals surface area contributed by atoms with Crippen LogP contribution in [0.15, 0.2) is 42.6 Å². The maximum Gasteiger partial charge on any atom is 0.324 e. The van der Waals surface area contributed by atoms with Crippen LogP contribution in [0.4, 0.5) is 20.7 Å². The minimum atomic E-state index is -0.234. The van der Waals surface area contributed by atoms with Crippen LogP contribution in [-0.2, 0) is 6.42 Å². The Morgan fingerprint density at radius 2 is 2.00 bits per heavy atom. The number of nitrogens with zero attached hydrogens (tertiary/aromatic N) is 4. The number of amides is 2. The molecule has 2 saturated heterocycles. The summed E-state index contributed by atoms with van der Waals surface area (Å²) in [6.07, 6.45) is 3.50. The molecule has 1 atom stereocenters. The van der Waals surface area contributed by atoms with E-state index < -0.39 is 0 Å². The Morgan fingerprint density at radius 1 is 1.19 bits per heavy atom. The molecule has 0 aliphatic carbocycles. The molecule has 1 aromatic heterocycles. The van der Waals surface area contributed by atoms with Gasteiger partial charge in [0.2, 0.25) is 0 Å². The average molecular weight is 366 g/mol. The van der Waals surface area contributed by atoms with E-state index in [2.05, 4.69) is 16.8 Å². The Kier molecular flexibility index (Phi) is 3.64. The molecule has 3 aliphatic heterocycles. The SMILES string of the molecule is CC1CCc2cc(F)ccc2N1C(=O)N1CC2(C1)CN(c1ccccn1)C2. The molecule has 5 rings (SSSR count). The molecule has 0 radical (unpaired) electrons. The van der Waals surface area contributed by atoms with E-state index >= 15 is 0 Å². The first-order valence-electron chi connectivity index (χ1n) is 9.57. The van der Waals surface area contributed by atoms with E-state index in [-0.39, 0.29) is 23.3 Å². The fourth-order valence-electron chi connectivity index (χ4n) is 4.73. The molecule has 3 aliphatic rings. The van der Waals surface area contributed by atoms with Gasteiger partial charge in [0.05, 0.1) is 0 Å². The highest BCUT2D eigenvalue weighted by Crippen LogP contribution is 2.43. The maximum absolute atomic E-state index is 13.6. The van der Waals surface area contributed by atoms with Crippen molar-refractivity contribution in [2.24, 2.45) is 5.41 Å². The number of benzene rings is 1. The Labute approximate surface area is 158 Å². The number of aryl methyl sites for hydroxylation is 1. The second kappa shape index (κ2) is 5.94. The zero-order valence-electron chi connectivity index (χ0n) is 15.4. The van der Waals surface area contributed by atoms with Gasteiger partial charge >= 0.3 is 6.03 Å². The lowest BCUT2D eigenvalue weighted by Crippen LogP contribution is -2.74. The second-order valence-electron chi connectivity index (χ2n) is 8.21. The van der Waals surface area contributed by atoms with Gasteiger partial charge in [0.25, 0.3) is 0 Å². The van der Waals surface area contributed by atoms with Crippen LogP contribution in [-0.4, -0.2) is 48.1 Å². The van der Waals surface area contributed by atoms with E-state index in [9.17, 15) is 9.18 Å². The number of urea groups is 1. The summed E-state index contributed by atoms with van der Waals surface area (Å²) in [7, 11) is 0. The number of aromatic nitrogens is 1. The van der Waals surface area contributed by atoms with Crippen molar-refractivity contribution in [2.45, 2.75) is 25.8 Å². The third-order valence-electron chi connectivity index (χ3n) is 6.13. The van der Waals surface area contributed by atoms with Crippen LogP contribution in [0.5, 0.6) is 0 Å². The molecule has 140 valence electrons. The molecular formula is C21H23FN4O. The molecule has 5 nitrogen and oxygen atoms in total. The number of carbonyl (C=O) groups excluding carboxylic acids is 1. The molecule has 2 aromatic rings. The molecule has 0 saturated carbocycles. The number of rotatable bonds is 1. The summed E-state index contributed by atoms with van der Waals surface area (Å²) in [5, 5.41) is 0. The molecule has 0 N–H and O–H groups in total. The third-order valence-corrected chi connectivity index (χ3v) is 6.13. The topological polar surface area (TPSA) is 39.7 Å². The quantitative estimate of drug-likeness (QED) is 0.777. The summed E-state index contributed by atoms with van der Waals surface area (Å²) in [6, 6.07) is 10.9. The number of likely N-dealkylation sites (tertiary alicyclic amines) is 1. The van der Waals surface area contributed by atoms with Gasteiger partial charge in [-0.3, -0.25) is 4.90 Å². The molecule has 2 fully saturated rings. The number of anilines is 2. The van der Waals surface area contributed by atoms with Gasteiger partial charge in [0.1, 0.15) is 11.6 Å². The van der Waals surface area contributed by atoms with Gasteiger partial charge < -0.3 is 9.80 Å². The highest BCUT2D eigenvalue weighted by Gasteiger charge is 2.54. The summed E-state index contributed by atoms with van der Waals surface area (Å²) >= 11 is 0. The summed E-state index contributed by atoms with van der Waals surface area (Å²) in [4.78, 5) is 23.6. The summed E-state index contributed by atoms with van der Waals surface area (Å²) in [5.74, 6) is 0.774. The number of hydrogen-bond acceptors (Lipinski definition) is 3. The van der Waals surface area contributed by atoms with Crippen molar-refractivity contribution in [3.63, 3.8) is 0 Å². The van der Waals surface area contributed by atoms with Crippen molar-refractivity contribution < 1.29 is 9.18 Å². The lowest BCUT2D eigenvalue weighted by atomic mass is 9.73. The van der Waals surface area contributed by atoms with Crippen LogP contribution in [0.1, 0.15) is 18.9 Å². The van der Waals surface area contributed by atoms with Gasteiger partial charge in [-0.05, 0) is 55.7 Å². The molecule has 2 amide bonds. The largest absolute Gasteiger partial charge is 0.355 e. The zero-order valence-corrected chi connectivity index (χ0v) is 15.4. The Morgan fingerprint density at radius 3 is 2.74 bits per heavy atom. The Hall–Kier alpha value is -2.63. The normalized spacial score (nSPS) is 22.9. The minimum absolute atomic E-state index is 0.0527. The minimum Gasteiger partial charge on any atom is -0.355 e. The van der Waals surface area contributed by atoms with Crippen molar-refractivity contribution in [3.05, 3.63) is 54.0 Å². The van der Waals surface area contributed by atoms with Crippen LogP contribution in [0.3, 0.4) is 0 Å². The van der Waals surface area contributed by atoms with Gasteiger partial charge in [-0.15, -0.1) is 0 Å². The van der Waals surface area contributed by atoms with E-state index in [0.717, 1.165) is 56.1 Å². The van der Waals surface area contributed by atoms with Crippen LogP contribution in [0, 0.1) is 11.2 Å². The fourth-order valence-corrected chi connectivity index (χ4v) is 4.73. The van der Waals surface area contributed by atoms with Crippen molar-refractivity contribution in [2.75, 3.05) is 36.0 Å². The van der Waals surface area contributed by atoms with E-state index in [1.54, 1.807) is 12.1 Å². The second-order valence-corrected chi connectivity index (χ2v) is 8.21. The molecule has 4 heterocycles. The van der Waals surface area contributed by atoms with Gasteiger partial charge in [-0.2, -0.15) is 0 Å². The number of halogens is 1. The maximum atomic E-state index is 13.6. The van der Waals surface area contributed by atoms with Gasteiger partial charge in [0, 0.05) is 49.5 Å². The number of carbonyl (C=O) groups is 1. The summed E-state index contributed by atoms with van der Waals surface area (Å²) in [6.45, 7) is 5.55. The first-order chi connectivity index (χ1) is 13.0. The number of hydrogen-bond donors (Lipinski definition) is 0. The van der Waals surface area contributed by atoms with E-state index in [1.807, 2.05) is 34.2 Å². The number of fused-ring (bicyclic) bond motifs is 1. The Bertz CT molecular complexity index is 873. The lowest BCUT2D eigenvalue weighted by Gasteiger charge is -2.61. The predicted molar refractivity (Wildman–Crippen MR) is 103 cm³/mol. The van der Waals surface area contributed by atoms with Crippen LogP contribution >= 0.6 is 0 Å². The van der Waals surface area contributed by atoms with Gasteiger partial charge in [-0.1, -0.05) is 6.07 Å². The first kappa shape index (κ1) is 16.5. The number of pyridine rings is 1. The van der Waals surface area contributed by atoms with Gasteiger partial charge in [0.15, 0.2) is 0 Å². The summed E-state index contributed by atoms with van der Waals surface area (Å²) < 4.78 is 13.6. The smallest absolute Gasteiger partial charge is 0.324 e. The Balaban J connectivity index is 1.26. The van der Waals surface area contributed by atoms with E-state index in [1.165, 1.54) is 6.07 Å². The predicted octanol–water partition coefficient (Wildman–Crippen LogP) is 3.30. The average Bonchev–Trinajstić information content (AvgIpc) is 2.60. The monoisotopic (exact) mass is 366 g/mol. The molecule has 1 aromatic carbocycles. The zero-order chi connectivity index (χ0) is 18.6. The van der Waals surface area contributed by atoms with Crippen molar-refractivity contribution >= 4 is 17.5 Å². The van der Waals surface area contributed by atoms with Crippen LogP contribution < -0.4 is 9.80 Å². The first-order valence-corrected chi connectivity index (χ1v) is 9.57. The third kappa shape index (κ3) is 2.66. The van der Waals surface area contributed by atoms with E-state index in [0.29, 0.717) is 0 Å². The molecule has 1 spiro atoms. The molecule has 0 bridgehead atoms.